The Labute approximate surface area is 159 Å². The van der Waals surface area contributed by atoms with E-state index < -0.39 is 23.0 Å². The maximum Gasteiger partial charge on any atom is 0.337 e. The summed E-state index contributed by atoms with van der Waals surface area (Å²) in [6, 6.07) is 6.59. The number of thiophene rings is 1. The number of anilines is 1. The summed E-state index contributed by atoms with van der Waals surface area (Å²) in [7, 11) is 2.87. The Morgan fingerprint density at radius 3 is 2.67 bits per heavy atom. The topological polar surface area (TPSA) is 93.0 Å². The molecule has 0 N–H and O–H groups in total. The Hall–Kier alpha value is -3.20. The summed E-state index contributed by atoms with van der Waals surface area (Å²) in [5.74, 6) is -0.557. The number of likely N-dealkylation sites (N-methyl/N-ethyl adjacent to an activating group) is 1. The Balaban J connectivity index is 2.20. The number of carbonyl (C=O) groups excluding carboxylic acids is 2. The molecule has 0 spiro atoms. The number of rotatable bonds is 4. The van der Waals surface area contributed by atoms with Crippen LogP contribution in [-0.4, -0.2) is 36.0 Å². The van der Waals surface area contributed by atoms with Gasteiger partial charge in [-0.15, -0.1) is 0 Å². The van der Waals surface area contributed by atoms with Crippen LogP contribution in [0.2, 0.25) is 0 Å². The molecule has 3 rings (SSSR count). The minimum atomic E-state index is -0.592. The van der Waals surface area contributed by atoms with Gasteiger partial charge in [0.2, 0.25) is 0 Å². The summed E-state index contributed by atoms with van der Waals surface area (Å²) in [5.41, 5.74) is 1.65. The number of hydrogen-bond acceptors (Lipinski definition) is 6. The van der Waals surface area contributed by atoms with Crippen LogP contribution in [0, 0.1) is 10.1 Å². The van der Waals surface area contributed by atoms with Crippen LogP contribution in [0.15, 0.2) is 52.4 Å². The van der Waals surface area contributed by atoms with Gasteiger partial charge < -0.3 is 9.64 Å². The molecule has 2 heterocycles. The molecule has 0 fully saturated rings. The van der Waals surface area contributed by atoms with E-state index in [9.17, 15) is 19.7 Å². The third kappa shape index (κ3) is 3.17. The van der Waals surface area contributed by atoms with Crippen molar-refractivity contribution in [2.75, 3.05) is 19.1 Å². The van der Waals surface area contributed by atoms with Crippen molar-refractivity contribution in [3.63, 3.8) is 0 Å². The minimum Gasteiger partial charge on any atom is -0.466 e. The van der Waals surface area contributed by atoms with Gasteiger partial charge in [0.05, 0.1) is 29.3 Å². The maximum atomic E-state index is 13.1. The number of urea groups is 1. The summed E-state index contributed by atoms with van der Waals surface area (Å²) < 4.78 is 4.95. The van der Waals surface area contributed by atoms with Crippen molar-refractivity contribution in [1.29, 1.82) is 0 Å². The van der Waals surface area contributed by atoms with Crippen molar-refractivity contribution in [1.82, 2.24) is 4.90 Å². The first-order valence-corrected chi connectivity index (χ1v) is 8.93. The molecule has 0 saturated carbocycles. The number of hydrogen-bond donors (Lipinski definition) is 0. The highest BCUT2D eigenvalue weighted by molar-refractivity contribution is 7.08. The number of nitrogens with zero attached hydrogens (tertiary/aromatic N) is 3. The molecule has 1 aromatic carbocycles. The summed E-state index contributed by atoms with van der Waals surface area (Å²) >= 11 is 1.46. The van der Waals surface area contributed by atoms with Crippen molar-refractivity contribution < 1.29 is 19.2 Å². The second-order valence-electron chi connectivity index (χ2n) is 5.96. The number of benzene rings is 1. The van der Waals surface area contributed by atoms with Crippen LogP contribution in [0.25, 0.3) is 0 Å². The van der Waals surface area contributed by atoms with Gasteiger partial charge in [-0.2, -0.15) is 11.3 Å². The van der Waals surface area contributed by atoms with Gasteiger partial charge in [0, 0.05) is 24.9 Å². The van der Waals surface area contributed by atoms with E-state index in [1.54, 1.807) is 20.0 Å². The first kappa shape index (κ1) is 18.6. The molecule has 9 heteroatoms. The highest BCUT2D eigenvalue weighted by atomic mass is 32.1. The molecular formula is C18H17N3O5S. The number of carbonyl (C=O) groups is 2. The Morgan fingerprint density at radius 1 is 1.33 bits per heavy atom. The largest absolute Gasteiger partial charge is 0.466 e. The van der Waals surface area contributed by atoms with Gasteiger partial charge in [-0.3, -0.25) is 15.0 Å². The molecule has 0 aliphatic carbocycles. The molecule has 0 saturated heterocycles. The van der Waals surface area contributed by atoms with Gasteiger partial charge in [0.15, 0.2) is 0 Å². The minimum absolute atomic E-state index is 0.143. The number of non-ortho nitro benzene ring substituents is 1. The van der Waals surface area contributed by atoms with Crippen molar-refractivity contribution in [3.05, 3.63) is 68.0 Å². The number of allylic oxidation sites excluding steroid dienone is 1. The molecule has 1 aromatic heterocycles. The summed E-state index contributed by atoms with van der Waals surface area (Å²) in [5, 5.41) is 14.8. The van der Waals surface area contributed by atoms with E-state index in [-0.39, 0.29) is 5.69 Å². The fourth-order valence-corrected chi connectivity index (χ4v) is 3.84. The third-order valence-electron chi connectivity index (χ3n) is 4.44. The van der Waals surface area contributed by atoms with Crippen LogP contribution in [0.4, 0.5) is 16.2 Å². The summed E-state index contributed by atoms with van der Waals surface area (Å²) in [6.07, 6.45) is 0. The molecule has 8 nitrogen and oxygen atoms in total. The second kappa shape index (κ2) is 7.20. The molecule has 27 heavy (non-hydrogen) atoms. The molecule has 1 aliphatic heterocycles. The second-order valence-corrected chi connectivity index (χ2v) is 6.74. The van der Waals surface area contributed by atoms with Crippen molar-refractivity contribution in [2.45, 2.75) is 13.0 Å². The predicted molar refractivity (Wildman–Crippen MR) is 101 cm³/mol. The van der Waals surface area contributed by atoms with Crippen LogP contribution in [0.1, 0.15) is 18.5 Å². The monoisotopic (exact) mass is 387 g/mol. The van der Waals surface area contributed by atoms with Crippen LogP contribution >= 0.6 is 11.3 Å². The van der Waals surface area contributed by atoms with Crippen LogP contribution in [-0.2, 0) is 9.53 Å². The highest BCUT2D eigenvalue weighted by Gasteiger charge is 2.41. The maximum absolute atomic E-state index is 13.1. The van der Waals surface area contributed by atoms with Gasteiger partial charge in [-0.05, 0) is 35.4 Å². The predicted octanol–water partition coefficient (Wildman–Crippen LogP) is 3.72. The van der Waals surface area contributed by atoms with Gasteiger partial charge in [-0.1, -0.05) is 6.07 Å². The van der Waals surface area contributed by atoms with E-state index in [4.69, 9.17) is 4.74 Å². The third-order valence-corrected chi connectivity index (χ3v) is 5.14. The Bertz CT molecular complexity index is 938. The molecule has 1 aliphatic rings. The number of nitro benzene ring substituents is 1. The van der Waals surface area contributed by atoms with E-state index in [2.05, 4.69) is 0 Å². The number of esters is 1. The zero-order valence-electron chi connectivity index (χ0n) is 14.9. The molecule has 2 amide bonds. The van der Waals surface area contributed by atoms with E-state index >= 15 is 0 Å². The van der Waals surface area contributed by atoms with Crippen molar-refractivity contribution in [2.24, 2.45) is 0 Å². The van der Waals surface area contributed by atoms with Gasteiger partial charge in [0.1, 0.15) is 0 Å². The number of methoxy groups -OCH3 is 1. The molecule has 140 valence electrons. The van der Waals surface area contributed by atoms with Crippen LogP contribution in [0.5, 0.6) is 0 Å². The normalized spacial score (nSPS) is 17.3. The average Bonchev–Trinajstić information content (AvgIpc) is 3.18. The van der Waals surface area contributed by atoms with Gasteiger partial charge in [-0.25, -0.2) is 9.59 Å². The van der Waals surface area contributed by atoms with Crippen LogP contribution < -0.4 is 4.90 Å². The quantitative estimate of drug-likeness (QED) is 0.453. The van der Waals surface area contributed by atoms with Crippen molar-refractivity contribution in [3.8, 4) is 0 Å². The zero-order valence-corrected chi connectivity index (χ0v) is 15.7. The summed E-state index contributed by atoms with van der Waals surface area (Å²) in [4.78, 5) is 38.9. The first-order chi connectivity index (χ1) is 12.9. The average molecular weight is 387 g/mol. The van der Waals surface area contributed by atoms with Gasteiger partial charge >= 0.3 is 12.0 Å². The van der Waals surface area contributed by atoms with E-state index in [1.807, 2.05) is 16.8 Å². The lowest BCUT2D eigenvalue weighted by Crippen LogP contribution is -2.49. The lowest BCUT2D eigenvalue weighted by molar-refractivity contribution is -0.384. The molecule has 2 aromatic rings. The molecule has 1 atom stereocenters. The smallest absolute Gasteiger partial charge is 0.337 e. The fraction of sp³-hybridized carbons (Fsp3) is 0.222. The fourth-order valence-electron chi connectivity index (χ4n) is 3.16. The molecule has 0 radical (unpaired) electrons. The molecule has 0 unspecified atom stereocenters. The first-order valence-electron chi connectivity index (χ1n) is 7.99. The number of amides is 2. The van der Waals surface area contributed by atoms with Crippen molar-refractivity contribution >= 4 is 34.7 Å². The Kier molecular flexibility index (Phi) is 4.95. The standard InChI is InChI=1S/C18H17N3O5S/c1-11-15(17(22)26-3)16(12-7-8-27-10-12)19(2)18(23)20(11)13-5-4-6-14(9-13)21(24)25/h4-10,16H,1-3H3/t16-/m1/s1. The highest BCUT2D eigenvalue weighted by Crippen LogP contribution is 2.39. The van der Waals surface area contributed by atoms with Gasteiger partial charge in [0.25, 0.3) is 5.69 Å². The lowest BCUT2D eigenvalue weighted by atomic mass is 9.95. The van der Waals surface area contributed by atoms with Crippen LogP contribution in [0.3, 0.4) is 0 Å². The SMILES string of the molecule is COC(=O)C1=C(C)N(c2cccc([N+](=O)[O-])c2)C(=O)N(C)[C@@H]1c1ccsc1. The van der Waals surface area contributed by atoms with E-state index in [1.165, 1.54) is 46.4 Å². The lowest BCUT2D eigenvalue weighted by Gasteiger charge is -2.40. The summed E-state index contributed by atoms with van der Waals surface area (Å²) in [6.45, 7) is 1.63. The number of ether oxygens (including phenoxy) is 1. The van der Waals surface area contributed by atoms with E-state index in [0.717, 1.165) is 5.56 Å². The molecular weight excluding hydrogens is 370 g/mol. The van der Waals surface area contributed by atoms with E-state index in [0.29, 0.717) is 17.0 Å². The molecule has 0 bridgehead atoms. The number of nitro groups is 1. The Morgan fingerprint density at radius 2 is 2.07 bits per heavy atom. The zero-order chi connectivity index (χ0) is 19.7.